The second kappa shape index (κ2) is 7.17. The molecule has 0 saturated heterocycles. The van der Waals surface area contributed by atoms with Crippen molar-refractivity contribution in [3.63, 3.8) is 0 Å². The van der Waals surface area contributed by atoms with E-state index < -0.39 is 41.2 Å². The summed E-state index contributed by atoms with van der Waals surface area (Å²) in [5, 5.41) is 10.7. The number of carbonyl (C=O) groups is 2. The van der Waals surface area contributed by atoms with E-state index in [1.54, 1.807) is 6.92 Å². The van der Waals surface area contributed by atoms with Crippen LogP contribution in [0.2, 0.25) is 0 Å². The average Bonchev–Trinajstić information content (AvgIpc) is 2.36. The summed E-state index contributed by atoms with van der Waals surface area (Å²) in [5.74, 6) is -2.44. The molecule has 0 radical (unpaired) electrons. The minimum absolute atomic E-state index is 0.141. The Morgan fingerprint density at radius 1 is 1.40 bits per heavy atom. The summed E-state index contributed by atoms with van der Waals surface area (Å²) in [4.78, 5) is 32.3. The minimum Gasteiger partial charge on any atom is -0.479 e. The van der Waals surface area contributed by atoms with Crippen molar-refractivity contribution in [2.45, 2.75) is 13.3 Å². The lowest BCUT2D eigenvalue weighted by atomic mass is 10.2. The second-order valence-corrected chi connectivity index (χ2v) is 3.68. The third-order valence-corrected chi connectivity index (χ3v) is 2.15. The van der Waals surface area contributed by atoms with E-state index in [4.69, 9.17) is 4.74 Å². The van der Waals surface area contributed by atoms with Crippen molar-refractivity contribution in [3.8, 4) is 5.75 Å². The summed E-state index contributed by atoms with van der Waals surface area (Å²) in [6, 6.07) is 2.64. The monoisotopic (exact) mass is 285 g/mol. The number of ether oxygens (including phenoxy) is 2. The molecule has 0 aliphatic heterocycles. The third-order valence-electron chi connectivity index (χ3n) is 2.15. The van der Waals surface area contributed by atoms with Gasteiger partial charge in [-0.1, -0.05) is 0 Å². The summed E-state index contributed by atoms with van der Waals surface area (Å²) in [5.41, 5.74) is -0.463. The van der Waals surface area contributed by atoms with E-state index in [1.807, 2.05) is 0 Å². The fourth-order valence-corrected chi connectivity index (χ4v) is 1.34. The van der Waals surface area contributed by atoms with Crippen LogP contribution in [0.15, 0.2) is 18.2 Å². The first-order valence-electron chi connectivity index (χ1n) is 5.68. The lowest BCUT2D eigenvalue weighted by Gasteiger charge is -2.06. The molecule has 1 aromatic carbocycles. The van der Waals surface area contributed by atoms with Gasteiger partial charge in [0.2, 0.25) is 0 Å². The number of hydrogen-bond acceptors (Lipinski definition) is 6. The topological polar surface area (TPSA) is 95.7 Å². The number of nitro groups is 1. The van der Waals surface area contributed by atoms with Gasteiger partial charge in [-0.15, -0.1) is 0 Å². The highest BCUT2D eigenvalue weighted by atomic mass is 19.1. The van der Waals surface area contributed by atoms with Crippen LogP contribution in [-0.4, -0.2) is 29.9 Å². The molecule has 1 rings (SSSR count). The van der Waals surface area contributed by atoms with Gasteiger partial charge in [-0.25, -0.2) is 4.39 Å². The van der Waals surface area contributed by atoms with Gasteiger partial charge in [-0.3, -0.25) is 19.7 Å². The highest BCUT2D eigenvalue weighted by Crippen LogP contribution is 2.27. The second-order valence-electron chi connectivity index (χ2n) is 3.68. The first kappa shape index (κ1) is 15.5. The van der Waals surface area contributed by atoms with E-state index in [9.17, 15) is 24.1 Å². The van der Waals surface area contributed by atoms with E-state index in [0.29, 0.717) is 0 Å². The van der Waals surface area contributed by atoms with Crippen molar-refractivity contribution >= 4 is 17.4 Å². The van der Waals surface area contributed by atoms with Gasteiger partial charge in [0.15, 0.2) is 11.5 Å². The number of rotatable bonds is 7. The van der Waals surface area contributed by atoms with E-state index in [0.717, 1.165) is 18.2 Å². The lowest BCUT2D eigenvalue weighted by Crippen LogP contribution is -2.17. The number of halogens is 1. The number of ketones is 1. The quantitative estimate of drug-likeness (QED) is 0.327. The van der Waals surface area contributed by atoms with Crippen molar-refractivity contribution in [2.75, 3.05) is 13.2 Å². The number of esters is 1. The molecule has 0 bridgehead atoms. The summed E-state index contributed by atoms with van der Waals surface area (Å²) in [6.07, 6.45) is -0.503. The fraction of sp³-hybridized carbons (Fsp3) is 0.333. The molecule has 0 aromatic heterocycles. The van der Waals surface area contributed by atoms with Crippen LogP contribution < -0.4 is 4.74 Å². The van der Waals surface area contributed by atoms with Crippen LogP contribution in [0.25, 0.3) is 0 Å². The van der Waals surface area contributed by atoms with Crippen LogP contribution in [0.1, 0.15) is 13.3 Å². The summed E-state index contributed by atoms with van der Waals surface area (Å²) in [7, 11) is 0. The highest BCUT2D eigenvalue weighted by Gasteiger charge is 2.18. The maximum atomic E-state index is 13.0. The molecule has 20 heavy (non-hydrogen) atoms. The molecule has 0 aliphatic carbocycles. The number of carbonyl (C=O) groups excluding carboxylic acids is 2. The van der Waals surface area contributed by atoms with E-state index in [-0.39, 0.29) is 12.4 Å². The number of benzene rings is 1. The molecule has 0 atom stereocenters. The Morgan fingerprint density at radius 2 is 2.10 bits per heavy atom. The zero-order valence-electron chi connectivity index (χ0n) is 10.6. The molecule has 0 unspecified atom stereocenters. The lowest BCUT2D eigenvalue weighted by molar-refractivity contribution is -0.385. The Balaban J connectivity index is 2.65. The maximum absolute atomic E-state index is 13.0. The molecule has 0 N–H and O–H groups in total. The Bertz CT molecular complexity index is 531. The fourth-order valence-electron chi connectivity index (χ4n) is 1.34. The third kappa shape index (κ3) is 4.63. The molecule has 108 valence electrons. The van der Waals surface area contributed by atoms with Gasteiger partial charge in [0.25, 0.3) is 0 Å². The number of hydrogen-bond donors (Lipinski definition) is 0. The number of Topliss-reactive ketones (excluding diaryl/α,β-unsaturated/α-hetero) is 1. The number of nitrogens with zero attached hydrogens (tertiary/aromatic N) is 1. The molecule has 0 saturated carbocycles. The summed E-state index contributed by atoms with van der Waals surface area (Å²) >= 11 is 0. The van der Waals surface area contributed by atoms with E-state index >= 15 is 0 Å². The SMILES string of the molecule is CCOC(=O)CC(=O)COc1cc(F)ccc1[N+](=O)[O-]. The van der Waals surface area contributed by atoms with Gasteiger partial charge in [0.05, 0.1) is 11.5 Å². The molecule has 0 heterocycles. The molecular formula is C12H12FNO6. The normalized spacial score (nSPS) is 9.90. The Morgan fingerprint density at radius 3 is 2.70 bits per heavy atom. The smallest absolute Gasteiger partial charge is 0.313 e. The Hall–Kier alpha value is -2.51. The van der Waals surface area contributed by atoms with Crippen molar-refractivity contribution < 1.29 is 28.4 Å². The Labute approximate surface area is 113 Å². The molecule has 1 aromatic rings. The van der Waals surface area contributed by atoms with Crippen LogP contribution in [-0.2, 0) is 14.3 Å². The molecule has 0 aliphatic rings. The Kier molecular flexibility index (Phi) is 5.57. The molecule has 7 nitrogen and oxygen atoms in total. The standard InChI is InChI=1S/C12H12FNO6/c1-2-19-12(16)6-9(15)7-20-11-5-8(13)3-4-10(11)14(17)18/h3-5H,2,6-7H2,1H3. The zero-order valence-corrected chi connectivity index (χ0v) is 10.6. The summed E-state index contributed by atoms with van der Waals surface area (Å²) in [6.45, 7) is 1.15. The average molecular weight is 285 g/mol. The van der Waals surface area contributed by atoms with Gasteiger partial charge in [-0.05, 0) is 13.0 Å². The molecule has 8 heteroatoms. The van der Waals surface area contributed by atoms with Gasteiger partial charge in [0, 0.05) is 12.1 Å². The molecule has 0 spiro atoms. The van der Waals surface area contributed by atoms with Crippen molar-refractivity contribution in [3.05, 3.63) is 34.1 Å². The van der Waals surface area contributed by atoms with Crippen LogP contribution in [0.5, 0.6) is 5.75 Å². The maximum Gasteiger partial charge on any atom is 0.313 e. The minimum atomic E-state index is -0.759. The zero-order chi connectivity index (χ0) is 15.1. The first-order valence-corrected chi connectivity index (χ1v) is 5.68. The first-order chi connectivity index (χ1) is 9.43. The van der Waals surface area contributed by atoms with Crippen molar-refractivity contribution in [1.82, 2.24) is 0 Å². The molecular weight excluding hydrogens is 273 g/mol. The predicted molar refractivity (Wildman–Crippen MR) is 64.8 cm³/mol. The van der Waals surface area contributed by atoms with E-state index in [1.165, 1.54) is 0 Å². The van der Waals surface area contributed by atoms with Crippen LogP contribution >= 0.6 is 0 Å². The van der Waals surface area contributed by atoms with Crippen LogP contribution in [0.3, 0.4) is 0 Å². The highest BCUT2D eigenvalue weighted by molar-refractivity contribution is 5.96. The molecule has 0 amide bonds. The van der Waals surface area contributed by atoms with Crippen molar-refractivity contribution in [2.24, 2.45) is 0 Å². The molecule has 0 fully saturated rings. The van der Waals surface area contributed by atoms with Gasteiger partial charge < -0.3 is 9.47 Å². The number of nitro benzene ring substituents is 1. The van der Waals surface area contributed by atoms with Gasteiger partial charge in [0.1, 0.15) is 18.8 Å². The van der Waals surface area contributed by atoms with Gasteiger partial charge >= 0.3 is 11.7 Å². The predicted octanol–water partition coefficient (Wildman–Crippen LogP) is 1.64. The summed E-state index contributed by atoms with van der Waals surface area (Å²) < 4.78 is 22.4. The van der Waals surface area contributed by atoms with Crippen LogP contribution in [0, 0.1) is 15.9 Å². The van der Waals surface area contributed by atoms with Gasteiger partial charge in [-0.2, -0.15) is 0 Å². The van der Waals surface area contributed by atoms with E-state index in [2.05, 4.69) is 4.74 Å². The largest absolute Gasteiger partial charge is 0.479 e. The van der Waals surface area contributed by atoms with Crippen molar-refractivity contribution in [1.29, 1.82) is 0 Å². The van der Waals surface area contributed by atoms with Crippen LogP contribution in [0.4, 0.5) is 10.1 Å².